The number of benzene rings is 1. The maximum atomic E-state index is 13.1. The van der Waals surface area contributed by atoms with Crippen LogP contribution < -0.4 is 5.32 Å². The van der Waals surface area contributed by atoms with E-state index in [4.69, 9.17) is 5.26 Å². The van der Waals surface area contributed by atoms with Gasteiger partial charge in [0.25, 0.3) is 5.91 Å². The van der Waals surface area contributed by atoms with E-state index in [1.165, 1.54) is 18.2 Å². The summed E-state index contributed by atoms with van der Waals surface area (Å²) in [5.74, 6) is -0.811. The minimum Gasteiger partial charge on any atom is -0.352 e. The standard InChI is InChI=1S/C11H10BrFN2O/c12-10-8(4-3-5-9(10)13)11(16)15-7-2-1-6-14/h3-5H,1-2,7H2,(H,15,16). The van der Waals surface area contributed by atoms with Crippen molar-refractivity contribution in [3.8, 4) is 6.07 Å². The molecule has 16 heavy (non-hydrogen) atoms. The number of hydrogen-bond acceptors (Lipinski definition) is 2. The van der Waals surface area contributed by atoms with Gasteiger partial charge in [-0.15, -0.1) is 0 Å². The van der Waals surface area contributed by atoms with Crippen LogP contribution in [0.2, 0.25) is 0 Å². The van der Waals surface area contributed by atoms with Crippen LogP contribution in [-0.4, -0.2) is 12.5 Å². The van der Waals surface area contributed by atoms with E-state index in [1.807, 2.05) is 6.07 Å². The first-order valence-corrected chi connectivity index (χ1v) is 5.55. The fourth-order valence-electron chi connectivity index (χ4n) is 1.14. The van der Waals surface area contributed by atoms with Crippen molar-refractivity contribution in [2.24, 2.45) is 0 Å². The summed E-state index contributed by atoms with van der Waals surface area (Å²) in [6.07, 6.45) is 0.986. The average Bonchev–Trinajstić information content (AvgIpc) is 2.28. The van der Waals surface area contributed by atoms with Crippen LogP contribution in [0.15, 0.2) is 22.7 Å². The molecule has 1 N–H and O–H groups in total. The number of nitriles is 1. The molecule has 0 radical (unpaired) electrons. The first-order valence-electron chi connectivity index (χ1n) is 4.76. The number of hydrogen-bond donors (Lipinski definition) is 1. The summed E-state index contributed by atoms with van der Waals surface area (Å²) >= 11 is 3.02. The third-order valence-corrected chi connectivity index (χ3v) is 2.75. The van der Waals surface area contributed by atoms with Gasteiger partial charge in [-0.2, -0.15) is 5.26 Å². The van der Waals surface area contributed by atoms with Crippen molar-refractivity contribution >= 4 is 21.8 Å². The first kappa shape index (κ1) is 12.7. The molecule has 0 aromatic heterocycles. The highest BCUT2D eigenvalue weighted by molar-refractivity contribution is 9.10. The van der Waals surface area contributed by atoms with E-state index in [1.54, 1.807) is 0 Å². The molecular formula is C11H10BrFN2O. The molecule has 5 heteroatoms. The Labute approximate surface area is 101 Å². The van der Waals surface area contributed by atoms with Crippen LogP contribution in [0.1, 0.15) is 23.2 Å². The second kappa shape index (κ2) is 6.23. The molecule has 0 unspecified atom stereocenters. The van der Waals surface area contributed by atoms with Crippen molar-refractivity contribution in [2.75, 3.05) is 6.54 Å². The predicted octanol–water partition coefficient (Wildman–Crippen LogP) is 2.62. The van der Waals surface area contributed by atoms with Gasteiger partial charge in [0.05, 0.1) is 16.1 Å². The van der Waals surface area contributed by atoms with Crippen molar-refractivity contribution in [3.63, 3.8) is 0 Å². The fraction of sp³-hybridized carbons (Fsp3) is 0.273. The summed E-state index contributed by atoms with van der Waals surface area (Å²) in [4.78, 5) is 11.6. The highest BCUT2D eigenvalue weighted by atomic mass is 79.9. The molecule has 0 fully saturated rings. The molecule has 0 saturated carbocycles. The van der Waals surface area contributed by atoms with Gasteiger partial charge in [0.2, 0.25) is 0 Å². The molecule has 84 valence electrons. The Balaban J connectivity index is 2.60. The van der Waals surface area contributed by atoms with Crippen molar-refractivity contribution in [3.05, 3.63) is 34.1 Å². The second-order valence-electron chi connectivity index (χ2n) is 3.12. The molecule has 1 aromatic carbocycles. The maximum absolute atomic E-state index is 13.1. The molecule has 0 saturated heterocycles. The van der Waals surface area contributed by atoms with E-state index in [2.05, 4.69) is 21.2 Å². The fourth-order valence-corrected chi connectivity index (χ4v) is 1.59. The smallest absolute Gasteiger partial charge is 0.252 e. The molecule has 0 aliphatic rings. The normalized spacial score (nSPS) is 9.56. The summed E-state index contributed by atoms with van der Waals surface area (Å²) in [6, 6.07) is 6.27. The summed E-state index contributed by atoms with van der Waals surface area (Å²) in [6.45, 7) is 0.412. The Hall–Kier alpha value is -1.41. The van der Waals surface area contributed by atoms with Gasteiger partial charge in [-0.1, -0.05) is 6.07 Å². The van der Waals surface area contributed by atoms with E-state index in [0.717, 1.165) is 0 Å². The lowest BCUT2D eigenvalue weighted by Gasteiger charge is -2.06. The average molecular weight is 285 g/mol. The molecule has 0 heterocycles. The molecule has 0 spiro atoms. The van der Waals surface area contributed by atoms with Crippen LogP contribution >= 0.6 is 15.9 Å². The highest BCUT2D eigenvalue weighted by Gasteiger charge is 2.11. The summed E-state index contributed by atoms with van der Waals surface area (Å²) in [7, 11) is 0. The number of unbranched alkanes of at least 4 members (excludes halogenated alkanes) is 1. The number of carbonyl (C=O) groups is 1. The quantitative estimate of drug-likeness (QED) is 0.864. The van der Waals surface area contributed by atoms with Gasteiger partial charge in [-0.25, -0.2) is 4.39 Å². The number of halogens is 2. The van der Waals surface area contributed by atoms with Crippen molar-refractivity contribution in [2.45, 2.75) is 12.8 Å². The largest absolute Gasteiger partial charge is 0.352 e. The third-order valence-electron chi connectivity index (χ3n) is 1.95. The number of nitrogens with zero attached hydrogens (tertiary/aromatic N) is 1. The molecule has 0 atom stereocenters. The van der Waals surface area contributed by atoms with Crippen LogP contribution in [0.3, 0.4) is 0 Å². The summed E-state index contributed by atoms with van der Waals surface area (Å²) in [5.41, 5.74) is 0.261. The van der Waals surface area contributed by atoms with E-state index in [9.17, 15) is 9.18 Å². The molecule has 1 amide bonds. The van der Waals surface area contributed by atoms with Gasteiger partial charge in [0, 0.05) is 13.0 Å². The van der Waals surface area contributed by atoms with Crippen LogP contribution in [0.4, 0.5) is 4.39 Å². The topological polar surface area (TPSA) is 52.9 Å². The van der Waals surface area contributed by atoms with Gasteiger partial charge < -0.3 is 5.32 Å². The van der Waals surface area contributed by atoms with E-state index < -0.39 is 5.82 Å². The van der Waals surface area contributed by atoms with Crippen LogP contribution in [0.5, 0.6) is 0 Å². The zero-order valence-electron chi connectivity index (χ0n) is 8.46. The molecule has 1 aromatic rings. The number of carbonyl (C=O) groups excluding carboxylic acids is 1. The summed E-state index contributed by atoms with van der Waals surface area (Å²) < 4.78 is 13.3. The lowest BCUT2D eigenvalue weighted by molar-refractivity contribution is 0.0952. The van der Waals surface area contributed by atoms with Gasteiger partial charge in [0.15, 0.2) is 0 Å². The Bertz CT molecular complexity index is 428. The highest BCUT2D eigenvalue weighted by Crippen LogP contribution is 2.20. The maximum Gasteiger partial charge on any atom is 0.252 e. The van der Waals surface area contributed by atoms with Crippen molar-refractivity contribution in [1.82, 2.24) is 5.32 Å². The van der Waals surface area contributed by atoms with Crippen molar-refractivity contribution < 1.29 is 9.18 Å². The van der Waals surface area contributed by atoms with Gasteiger partial charge in [-0.3, -0.25) is 4.79 Å². The van der Waals surface area contributed by atoms with E-state index >= 15 is 0 Å². The van der Waals surface area contributed by atoms with Crippen molar-refractivity contribution in [1.29, 1.82) is 5.26 Å². The number of nitrogens with one attached hydrogen (secondary N) is 1. The first-order chi connectivity index (χ1) is 7.66. The lowest BCUT2D eigenvalue weighted by Crippen LogP contribution is -2.24. The SMILES string of the molecule is N#CCCCNC(=O)c1cccc(F)c1Br. The molecule has 3 nitrogen and oxygen atoms in total. The molecule has 0 aliphatic carbocycles. The third kappa shape index (κ3) is 3.31. The Morgan fingerprint density at radius 1 is 1.56 bits per heavy atom. The van der Waals surface area contributed by atoms with E-state index in [0.29, 0.717) is 19.4 Å². The Morgan fingerprint density at radius 3 is 3.00 bits per heavy atom. The van der Waals surface area contributed by atoms with Gasteiger partial charge >= 0.3 is 0 Å². The van der Waals surface area contributed by atoms with Crippen LogP contribution in [0, 0.1) is 17.1 Å². The molecule has 1 rings (SSSR count). The number of amides is 1. The Morgan fingerprint density at radius 2 is 2.31 bits per heavy atom. The molecule has 0 aliphatic heterocycles. The number of rotatable bonds is 4. The van der Waals surface area contributed by atoms with Crippen LogP contribution in [-0.2, 0) is 0 Å². The molecule has 0 bridgehead atoms. The Kier molecular flexibility index (Phi) is 4.93. The van der Waals surface area contributed by atoms with Gasteiger partial charge in [-0.05, 0) is 34.5 Å². The second-order valence-corrected chi connectivity index (χ2v) is 3.91. The van der Waals surface area contributed by atoms with Crippen LogP contribution in [0.25, 0.3) is 0 Å². The minimum atomic E-state index is -0.468. The summed E-state index contributed by atoms with van der Waals surface area (Å²) in [5, 5.41) is 10.9. The van der Waals surface area contributed by atoms with E-state index in [-0.39, 0.29) is 15.9 Å². The minimum absolute atomic E-state index is 0.160. The van der Waals surface area contributed by atoms with Gasteiger partial charge in [0.1, 0.15) is 5.82 Å². The zero-order valence-corrected chi connectivity index (χ0v) is 10.1. The predicted molar refractivity (Wildman–Crippen MR) is 61.3 cm³/mol. The zero-order chi connectivity index (χ0) is 12.0. The molecular weight excluding hydrogens is 275 g/mol. The monoisotopic (exact) mass is 284 g/mol. The lowest BCUT2D eigenvalue weighted by atomic mass is 10.2.